The number of rotatable bonds is 6. The van der Waals surface area contributed by atoms with Gasteiger partial charge in [0.15, 0.2) is 6.61 Å². The van der Waals surface area contributed by atoms with Crippen molar-refractivity contribution in [2.45, 2.75) is 0 Å². The lowest BCUT2D eigenvalue weighted by Gasteiger charge is -2.06. The van der Waals surface area contributed by atoms with Crippen LogP contribution in [0.1, 0.15) is 0 Å². The monoisotopic (exact) mass is 363 g/mol. The number of fused-ring (bicyclic) bond motifs is 1. The van der Waals surface area contributed by atoms with Gasteiger partial charge in [-0.1, -0.05) is 48.2 Å². The van der Waals surface area contributed by atoms with Crippen LogP contribution in [0.25, 0.3) is 10.8 Å². The Kier molecular flexibility index (Phi) is 6.26. The summed E-state index contributed by atoms with van der Waals surface area (Å²) >= 11 is 0. The summed E-state index contributed by atoms with van der Waals surface area (Å²) in [5.41, 5.74) is 0. The Labute approximate surface area is 156 Å². The number of carbonyl (C=O) groups is 1. The standard InChI is InChI=1S/C22H18FNO3/c23-18-10-12-19(13-11-18)27-16-22(25)24-14-3-4-15-26-21-9-5-7-17-6-1-2-8-20(17)21/h1-2,5-13H,14-16H2,(H,24,25). The van der Waals surface area contributed by atoms with E-state index in [9.17, 15) is 9.18 Å². The Morgan fingerprint density at radius 2 is 1.70 bits per heavy atom. The van der Waals surface area contributed by atoms with Gasteiger partial charge in [0.25, 0.3) is 5.91 Å². The van der Waals surface area contributed by atoms with Crippen LogP contribution in [-0.4, -0.2) is 25.7 Å². The predicted octanol–water partition coefficient (Wildman–Crippen LogP) is 3.56. The molecule has 4 nitrogen and oxygen atoms in total. The molecule has 136 valence electrons. The Bertz CT molecular complexity index is 969. The molecule has 0 radical (unpaired) electrons. The predicted molar refractivity (Wildman–Crippen MR) is 102 cm³/mol. The summed E-state index contributed by atoms with van der Waals surface area (Å²) in [7, 11) is 0. The van der Waals surface area contributed by atoms with Gasteiger partial charge in [-0.3, -0.25) is 4.79 Å². The van der Waals surface area contributed by atoms with Gasteiger partial charge in [0.05, 0.1) is 6.54 Å². The van der Waals surface area contributed by atoms with E-state index in [1.807, 2.05) is 42.5 Å². The molecule has 3 rings (SSSR count). The molecule has 0 aromatic heterocycles. The largest absolute Gasteiger partial charge is 0.484 e. The third-order valence-electron chi connectivity index (χ3n) is 3.73. The molecule has 5 heteroatoms. The zero-order chi connectivity index (χ0) is 18.9. The van der Waals surface area contributed by atoms with E-state index in [0.717, 1.165) is 16.5 Å². The average molecular weight is 363 g/mol. The summed E-state index contributed by atoms with van der Waals surface area (Å²) in [5.74, 6) is 6.25. The maximum absolute atomic E-state index is 12.8. The second-order valence-corrected chi connectivity index (χ2v) is 5.64. The first kappa shape index (κ1) is 18.3. The Hall–Kier alpha value is -3.52. The van der Waals surface area contributed by atoms with Gasteiger partial charge in [0, 0.05) is 5.39 Å². The fourth-order valence-corrected chi connectivity index (χ4v) is 2.42. The van der Waals surface area contributed by atoms with E-state index in [1.165, 1.54) is 24.3 Å². The lowest BCUT2D eigenvalue weighted by Crippen LogP contribution is -2.29. The molecule has 1 amide bonds. The number of nitrogens with one attached hydrogen (secondary N) is 1. The van der Waals surface area contributed by atoms with Gasteiger partial charge in [-0.2, -0.15) is 0 Å². The summed E-state index contributed by atoms with van der Waals surface area (Å²) in [5, 5.41) is 4.77. The minimum Gasteiger partial charge on any atom is -0.484 e. The number of ether oxygens (including phenoxy) is 2. The number of hydrogen-bond donors (Lipinski definition) is 1. The second kappa shape index (κ2) is 9.25. The molecule has 0 fully saturated rings. The number of benzene rings is 3. The van der Waals surface area contributed by atoms with Crippen LogP contribution in [0.5, 0.6) is 11.5 Å². The van der Waals surface area contributed by atoms with Gasteiger partial charge in [0.1, 0.15) is 23.9 Å². The molecule has 0 aliphatic rings. The van der Waals surface area contributed by atoms with Crippen LogP contribution in [0.2, 0.25) is 0 Å². The highest BCUT2D eigenvalue weighted by molar-refractivity contribution is 5.88. The molecule has 1 N–H and O–H groups in total. The van der Waals surface area contributed by atoms with Gasteiger partial charge in [-0.15, -0.1) is 0 Å². The van der Waals surface area contributed by atoms with Gasteiger partial charge in [-0.05, 0) is 35.7 Å². The molecule has 0 bridgehead atoms. The third kappa shape index (κ3) is 5.48. The Balaban J connectivity index is 1.39. The average Bonchev–Trinajstić information content (AvgIpc) is 2.70. The number of hydrogen-bond acceptors (Lipinski definition) is 3. The molecule has 0 unspecified atom stereocenters. The SMILES string of the molecule is O=C(COc1ccc(F)cc1)NCC#CCOc1cccc2ccccc12. The summed E-state index contributed by atoms with van der Waals surface area (Å²) in [6.07, 6.45) is 0. The van der Waals surface area contributed by atoms with Crippen LogP contribution in [0.4, 0.5) is 4.39 Å². The van der Waals surface area contributed by atoms with Crippen molar-refractivity contribution in [3.63, 3.8) is 0 Å². The van der Waals surface area contributed by atoms with Crippen LogP contribution in [0.15, 0.2) is 66.7 Å². The molecule has 0 aliphatic heterocycles. The molecule has 3 aromatic carbocycles. The van der Waals surface area contributed by atoms with Gasteiger partial charge in [-0.25, -0.2) is 4.39 Å². The fraction of sp³-hybridized carbons (Fsp3) is 0.136. The zero-order valence-electron chi connectivity index (χ0n) is 14.6. The molecule has 0 atom stereocenters. The molecule has 27 heavy (non-hydrogen) atoms. The van der Waals surface area contributed by atoms with Crippen LogP contribution in [0, 0.1) is 17.7 Å². The van der Waals surface area contributed by atoms with Crippen molar-refractivity contribution in [3.05, 3.63) is 72.5 Å². The molecule has 3 aromatic rings. The minimum absolute atomic E-state index is 0.153. The van der Waals surface area contributed by atoms with E-state index in [0.29, 0.717) is 5.75 Å². The zero-order valence-corrected chi connectivity index (χ0v) is 14.6. The minimum atomic E-state index is -0.354. The number of amides is 1. The van der Waals surface area contributed by atoms with Gasteiger partial charge >= 0.3 is 0 Å². The molecule has 0 spiro atoms. The summed E-state index contributed by atoms with van der Waals surface area (Å²) in [6, 6.07) is 19.3. The second-order valence-electron chi connectivity index (χ2n) is 5.64. The summed E-state index contributed by atoms with van der Waals surface area (Å²) < 4.78 is 23.7. The van der Waals surface area contributed by atoms with E-state index >= 15 is 0 Å². The topological polar surface area (TPSA) is 47.6 Å². The normalized spacial score (nSPS) is 9.96. The molecule has 0 aliphatic carbocycles. The number of carbonyl (C=O) groups excluding carboxylic acids is 1. The first-order valence-corrected chi connectivity index (χ1v) is 8.44. The lowest BCUT2D eigenvalue weighted by atomic mass is 10.1. The van der Waals surface area contributed by atoms with Crippen molar-refractivity contribution in [3.8, 4) is 23.3 Å². The van der Waals surface area contributed by atoms with Crippen LogP contribution in [-0.2, 0) is 4.79 Å². The van der Waals surface area contributed by atoms with E-state index in [2.05, 4.69) is 17.2 Å². The maximum atomic E-state index is 12.8. The summed E-state index contributed by atoms with van der Waals surface area (Å²) in [6.45, 7) is 0.278. The Morgan fingerprint density at radius 1 is 0.926 bits per heavy atom. The van der Waals surface area contributed by atoms with Gasteiger partial charge < -0.3 is 14.8 Å². The highest BCUT2D eigenvalue weighted by Gasteiger charge is 2.02. The van der Waals surface area contributed by atoms with Crippen molar-refractivity contribution >= 4 is 16.7 Å². The highest BCUT2D eigenvalue weighted by atomic mass is 19.1. The third-order valence-corrected chi connectivity index (χ3v) is 3.73. The molecular formula is C22H18FNO3. The molecule has 0 saturated carbocycles. The van der Waals surface area contributed by atoms with Crippen molar-refractivity contribution in [1.82, 2.24) is 5.32 Å². The fourth-order valence-electron chi connectivity index (χ4n) is 2.42. The van der Waals surface area contributed by atoms with Crippen LogP contribution >= 0.6 is 0 Å². The maximum Gasteiger partial charge on any atom is 0.258 e. The van der Waals surface area contributed by atoms with Gasteiger partial charge in [0.2, 0.25) is 0 Å². The lowest BCUT2D eigenvalue weighted by molar-refractivity contribution is -0.122. The van der Waals surface area contributed by atoms with Crippen molar-refractivity contribution in [2.24, 2.45) is 0 Å². The highest BCUT2D eigenvalue weighted by Crippen LogP contribution is 2.24. The van der Waals surface area contributed by atoms with Crippen molar-refractivity contribution in [2.75, 3.05) is 19.8 Å². The van der Waals surface area contributed by atoms with Crippen LogP contribution < -0.4 is 14.8 Å². The first-order chi connectivity index (χ1) is 13.2. The summed E-state index contributed by atoms with van der Waals surface area (Å²) in [4.78, 5) is 11.7. The molecule has 0 heterocycles. The van der Waals surface area contributed by atoms with Crippen molar-refractivity contribution < 1.29 is 18.7 Å². The van der Waals surface area contributed by atoms with E-state index in [-0.39, 0.29) is 31.5 Å². The van der Waals surface area contributed by atoms with E-state index in [1.54, 1.807) is 0 Å². The number of halogens is 1. The van der Waals surface area contributed by atoms with E-state index < -0.39 is 0 Å². The molecular weight excluding hydrogens is 345 g/mol. The van der Waals surface area contributed by atoms with Crippen molar-refractivity contribution in [1.29, 1.82) is 0 Å². The van der Waals surface area contributed by atoms with E-state index in [4.69, 9.17) is 9.47 Å². The Morgan fingerprint density at radius 3 is 2.56 bits per heavy atom. The quantitative estimate of drug-likeness (QED) is 0.682. The smallest absolute Gasteiger partial charge is 0.258 e. The van der Waals surface area contributed by atoms with Crippen LogP contribution in [0.3, 0.4) is 0 Å². The molecule has 0 saturated heterocycles. The first-order valence-electron chi connectivity index (χ1n) is 8.44.